The highest BCUT2D eigenvalue weighted by Gasteiger charge is 2.21. The number of aromatic nitrogens is 3. The van der Waals surface area contributed by atoms with Crippen molar-refractivity contribution in [3.63, 3.8) is 0 Å². The fourth-order valence-corrected chi connectivity index (χ4v) is 3.34. The van der Waals surface area contributed by atoms with Crippen LogP contribution in [0.3, 0.4) is 0 Å². The highest BCUT2D eigenvalue weighted by molar-refractivity contribution is 7.19. The zero-order chi connectivity index (χ0) is 16.6. The summed E-state index contributed by atoms with van der Waals surface area (Å²) in [5.41, 5.74) is 1.93. The van der Waals surface area contributed by atoms with Gasteiger partial charge >= 0.3 is 0 Å². The molecule has 23 heavy (non-hydrogen) atoms. The van der Waals surface area contributed by atoms with Gasteiger partial charge in [0.15, 0.2) is 0 Å². The third-order valence-corrected chi connectivity index (χ3v) is 4.62. The van der Waals surface area contributed by atoms with Gasteiger partial charge in [0, 0.05) is 17.3 Å². The van der Waals surface area contributed by atoms with Gasteiger partial charge in [-0.15, -0.1) is 10.2 Å². The van der Waals surface area contributed by atoms with Gasteiger partial charge < -0.3 is 5.32 Å². The molecular formula is C16H15N5OS. The molecule has 0 fully saturated rings. The highest BCUT2D eigenvalue weighted by atomic mass is 32.1. The summed E-state index contributed by atoms with van der Waals surface area (Å²) in [6, 6.07) is 8.90. The van der Waals surface area contributed by atoms with Gasteiger partial charge in [0.05, 0.1) is 11.6 Å². The minimum Gasteiger partial charge on any atom is -0.321 e. The van der Waals surface area contributed by atoms with E-state index < -0.39 is 0 Å². The van der Waals surface area contributed by atoms with Crippen molar-refractivity contribution in [2.75, 3.05) is 5.32 Å². The van der Waals surface area contributed by atoms with Crippen LogP contribution in [0, 0.1) is 18.3 Å². The molecular weight excluding hydrogens is 310 g/mol. The van der Waals surface area contributed by atoms with Crippen LogP contribution in [-0.4, -0.2) is 20.5 Å². The van der Waals surface area contributed by atoms with Crippen molar-refractivity contribution in [2.24, 2.45) is 0 Å². The molecule has 0 radical (unpaired) electrons. The predicted molar refractivity (Wildman–Crippen MR) is 88.8 cm³/mol. The normalized spacial score (nSPS) is 10.9. The van der Waals surface area contributed by atoms with Crippen LogP contribution in [-0.2, 0) is 0 Å². The topological polar surface area (TPSA) is 83.1 Å². The molecule has 1 N–H and O–H groups in total. The monoisotopic (exact) mass is 325 g/mol. The van der Waals surface area contributed by atoms with Crippen LogP contribution in [0.1, 0.15) is 46.5 Å². The lowest BCUT2D eigenvalue weighted by molar-refractivity contribution is 0.102. The maximum Gasteiger partial charge on any atom is 0.267 e. The summed E-state index contributed by atoms with van der Waals surface area (Å²) in [6.45, 7) is 5.97. The zero-order valence-electron chi connectivity index (χ0n) is 13.0. The Morgan fingerprint density at radius 1 is 1.39 bits per heavy atom. The number of fused-ring (bicyclic) bond motifs is 1. The fourth-order valence-electron chi connectivity index (χ4n) is 2.37. The van der Waals surface area contributed by atoms with Crippen molar-refractivity contribution in [1.29, 1.82) is 5.26 Å². The maximum atomic E-state index is 12.5. The Morgan fingerprint density at radius 3 is 2.87 bits per heavy atom. The molecule has 0 aliphatic rings. The molecule has 3 rings (SSSR count). The summed E-state index contributed by atoms with van der Waals surface area (Å²) in [5.74, 6) is 0.864. The van der Waals surface area contributed by atoms with E-state index in [2.05, 4.69) is 21.6 Å². The number of anilines is 1. The molecule has 0 aliphatic heterocycles. The van der Waals surface area contributed by atoms with E-state index in [1.54, 1.807) is 24.3 Å². The average molecular weight is 325 g/mol. The minimum atomic E-state index is -0.206. The maximum absolute atomic E-state index is 12.5. The largest absolute Gasteiger partial charge is 0.321 e. The molecule has 2 aromatic heterocycles. The molecule has 116 valence electrons. The lowest BCUT2D eigenvalue weighted by atomic mass is 10.2. The summed E-state index contributed by atoms with van der Waals surface area (Å²) in [5, 5.41) is 20.1. The first-order valence-corrected chi connectivity index (χ1v) is 7.99. The number of thiazole rings is 1. The number of nitrogens with one attached hydrogen (secondary N) is 1. The van der Waals surface area contributed by atoms with Crippen LogP contribution in [0.2, 0.25) is 0 Å². The third kappa shape index (κ3) is 2.69. The van der Waals surface area contributed by atoms with E-state index in [-0.39, 0.29) is 11.8 Å². The number of hydrogen-bond acceptors (Lipinski definition) is 5. The molecule has 2 heterocycles. The second-order valence-electron chi connectivity index (χ2n) is 5.49. The Bertz CT molecular complexity index is 932. The summed E-state index contributed by atoms with van der Waals surface area (Å²) in [6.07, 6.45) is 0. The fraction of sp³-hybridized carbons (Fsp3) is 0.250. The van der Waals surface area contributed by atoms with Crippen LogP contribution in [0.5, 0.6) is 0 Å². The molecule has 7 heteroatoms. The smallest absolute Gasteiger partial charge is 0.267 e. The first-order valence-electron chi connectivity index (χ1n) is 7.17. The van der Waals surface area contributed by atoms with Crippen LogP contribution >= 0.6 is 11.3 Å². The Kier molecular flexibility index (Phi) is 3.84. The number of hydrogen-bond donors (Lipinski definition) is 1. The van der Waals surface area contributed by atoms with Crippen molar-refractivity contribution < 1.29 is 4.79 Å². The van der Waals surface area contributed by atoms with E-state index in [1.165, 1.54) is 11.3 Å². The second kappa shape index (κ2) is 5.82. The Hall–Kier alpha value is -2.72. The lowest BCUT2D eigenvalue weighted by Gasteiger charge is -2.06. The molecule has 0 bridgehead atoms. The molecule has 0 atom stereocenters. The van der Waals surface area contributed by atoms with Gasteiger partial charge in [0.1, 0.15) is 10.7 Å². The summed E-state index contributed by atoms with van der Waals surface area (Å²) < 4.78 is 1.93. The summed E-state index contributed by atoms with van der Waals surface area (Å²) in [4.78, 5) is 13.8. The number of carbonyl (C=O) groups excluding carboxylic acids is 1. The van der Waals surface area contributed by atoms with Crippen LogP contribution in [0.15, 0.2) is 24.3 Å². The highest BCUT2D eigenvalue weighted by Crippen LogP contribution is 2.26. The Balaban J connectivity index is 1.95. The van der Waals surface area contributed by atoms with E-state index in [0.29, 0.717) is 21.1 Å². The van der Waals surface area contributed by atoms with Crippen molar-refractivity contribution in [1.82, 2.24) is 14.6 Å². The van der Waals surface area contributed by atoms with Crippen LogP contribution in [0.4, 0.5) is 5.69 Å². The standard InChI is InChI=1S/C16H15N5OS/c1-9(2)14-19-20-16-21(14)10(3)13(23-16)15(22)18-12-6-4-5-11(7-12)8-17/h4-7,9H,1-3H3,(H,18,22). The van der Waals surface area contributed by atoms with E-state index >= 15 is 0 Å². The van der Waals surface area contributed by atoms with Crippen LogP contribution in [0.25, 0.3) is 4.96 Å². The van der Waals surface area contributed by atoms with Gasteiger partial charge in [-0.25, -0.2) is 0 Å². The third-order valence-electron chi connectivity index (χ3n) is 3.49. The van der Waals surface area contributed by atoms with Gasteiger partial charge in [0.2, 0.25) is 4.96 Å². The van der Waals surface area contributed by atoms with Gasteiger partial charge in [-0.1, -0.05) is 31.3 Å². The Labute approximate surface area is 137 Å². The first-order chi connectivity index (χ1) is 11.0. The Morgan fingerprint density at radius 2 is 2.17 bits per heavy atom. The minimum absolute atomic E-state index is 0.206. The predicted octanol–water partition coefficient (Wildman–Crippen LogP) is 3.35. The van der Waals surface area contributed by atoms with Crippen molar-refractivity contribution >= 4 is 27.9 Å². The molecule has 0 saturated carbocycles. The molecule has 3 aromatic rings. The molecule has 0 unspecified atom stereocenters. The van der Waals surface area contributed by atoms with Crippen molar-refractivity contribution in [3.8, 4) is 6.07 Å². The number of nitrogens with zero attached hydrogens (tertiary/aromatic N) is 4. The quantitative estimate of drug-likeness (QED) is 0.800. The summed E-state index contributed by atoms with van der Waals surface area (Å²) in [7, 11) is 0. The van der Waals surface area contributed by atoms with Gasteiger partial charge in [-0.05, 0) is 25.1 Å². The SMILES string of the molecule is Cc1c(C(=O)Nc2cccc(C#N)c2)sc2nnc(C(C)C)n12. The number of benzene rings is 1. The van der Waals surface area contributed by atoms with E-state index in [1.807, 2.05) is 25.2 Å². The number of aryl methyl sites for hydroxylation is 1. The summed E-state index contributed by atoms with van der Waals surface area (Å²) >= 11 is 1.31. The molecule has 6 nitrogen and oxygen atoms in total. The zero-order valence-corrected chi connectivity index (χ0v) is 13.8. The van der Waals surface area contributed by atoms with Gasteiger partial charge in [-0.2, -0.15) is 5.26 Å². The number of rotatable bonds is 3. The van der Waals surface area contributed by atoms with Gasteiger partial charge in [-0.3, -0.25) is 9.20 Å². The van der Waals surface area contributed by atoms with E-state index in [9.17, 15) is 4.79 Å². The van der Waals surface area contributed by atoms with Crippen LogP contribution < -0.4 is 5.32 Å². The number of carbonyl (C=O) groups is 1. The van der Waals surface area contributed by atoms with Crippen molar-refractivity contribution in [2.45, 2.75) is 26.7 Å². The van der Waals surface area contributed by atoms with Crippen molar-refractivity contribution in [3.05, 3.63) is 46.2 Å². The molecule has 1 amide bonds. The lowest BCUT2D eigenvalue weighted by Crippen LogP contribution is -2.12. The molecule has 0 saturated heterocycles. The molecule has 0 spiro atoms. The average Bonchev–Trinajstić information content (AvgIpc) is 3.08. The molecule has 1 aromatic carbocycles. The molecule has 0 aliphatic carbocycles. The number of amides is 1. The van der Waals surface area contributed by atoms with E-state index in [4.69, 9.17) is 5.26 Å². The second-order valence-corrected chi connectivity index (χ2v) is 6.47. The van der Waals surface area contributed by atoms with E-state index in [0.717, 1.165) is 11.5 Å². The number of nitriles is 1. The van der Waals surface area contributed by atoms with Gasteiger partial charge in [0.25, 0.3) is 5.91 Å². The first kappa shape index (κ1) is 15.2.